The molecule has 0 aromatic heterocycles. The molecule has 0 amide bonds. The molecule has 0 saturated carbocycles. The molecule has 17 heavy (non-hydrogen) atoms. The summed E-state index contributed by atoms with van der Waals surface area (Å²) in [5.74, 6) is -1.19. The molecule has 100 valence electrons. The van der Waals surface area contributed by atoms with Crippen LogP contribution in [0, 0.1) is 0 Å². The van der Waals surface area contributed by atoms with Gasteiger partial charge in [-0.2, -0.15) is 0 Å². The van der Waals surface area contributed by atoms with Crippen LogP contribution in [0.15, 0.2) is 12.2 Å². The van der Waals surface area contributed by atoms with Crippen molar-refractivity contribution in [1.82, 2.24) is 0 Å². The number of rotatable bonds is 2. The molecule has 0 saturated heterocycles. The quantitative estimate of drug-likeness (QED) is 0.567. The molecule has 0 aliphatic rings. The zero-order valence-corrected chi connectivity index (χ0v) is 15.6. The first-order valence-electron chi connectivity index (χ1n) is 6.07. The molecular formula is C14H28O2Sn. The van der Waals surface area contributed by atoms with Gasteiger partial charge in [0.05, 0.1) is 5.97 Å². The van der Waals surface area contributed by atoms with Crippen molar-refractivity contribution in [3.05, 3.63) is 12.2 Å². The van der Waals surface area contributed by atoms with E-state index in [0.29, 0.717) is 6.86 Å². The standard InChI is InChI=1S/C4H6O2.2C4H9.C2H5.Sn/c1-3(2)4(5)6;2*1-4(2)3;1-2;/h1H2,2H3,(H,5,6);2*1-3H3;1H2,2H3;/q;;;;+1/p-1. The fourth-order valence-electron chi connectivity index (χ4n) is 2.19. The summed E-state index contributed by atoms with van der Waals surface area (Å²) in [4.78, 5) is 9.49. The summed E-state index contributed by atoms with van der Waals surface area (Å²) in [6.07, 6.45) is 0. The van der Waals surface area contributed by atoms with Gasteiger partial charge in [-0.05, 0) is 12.5 Å². The molecule has 0 heterocycles. The third kappa shape index (κ3) is 9.69. The third-order valence-electron chi connectivity index (χ3n) is 2.51. The molecule has 2 nitrogen and oxygen atoms in total. The zero-order valence-electron chi connectivity index (χ0n) is 12.7. The van der Waals surface area contributed by atoms with E-state index in [4.69, 9.17) is 0 Å². The van der Waals surface area contributed by atoms with E-state index in [1.54, 1.807) is 0 Å². The van der Waals surface area contributed by atoms with Crippen molar-refractivity contribution >= 4 is 25.7 Å². The number of carboxylic acid groups (broad SMARTS) is 1. The Bertz CT molecular complexity index is 230. The Morgan fingerprint density at radius 3 is 1.35 bits per heavy atom. The van der Waals surface area contributed by atoms with Crippen LogP contribution in [0.2, 0.25) is 11.3 Å². The zero-order chi connectivity index (χ0) is 14.4. The molecular weight excluding hydrogens is 319 g/mol. The van der Waals surface area contributed by atoms with Gasteiger partial charge in [-0.1, -0.05) is 6.58 Å². The minimum absolute atomic E-state index is 0.0648. The van der Waals surface area contributed by atoms with Crippen LogP contribution in [0.25, 0.3) is 0 Å². The van der Waals surface area contributed by atoms with Gasteiger partial charge in [-0.3, -0.25) is 0 Å². The molecule has 0 N–H and O–H groups in total. The van der Waals surface area contributed by atoms with Crippen LogP contribution >= 0.6 is 0 Å². The Morgan fingerprint density at radius 2 is 1.35 bits per heavy atom. The molecule has 0 spiro atoms. The van der Waals surface area contributed by atoms with Crippen molar-refractivity contribution in [2.75, 3.05) is 0 Å². The summed E-state index contributed by atoms with van der Waals surface area (Å²) >= 11 is -1.17. The molecule has 0 aromatic rings. The summed E-state index contributed by atoms with van der Waals surface area (Å²) in [5.41, 5.74) is 0.0648. The summed E-state index contributed by atoms with van der Waals surface area (Å²) in [7, 11) is 0. The van der Waals surface area contributed by atoms with Crippen LogP contribution in [0.5, 0.6) is 0 Å². The summed E-state index contributed by atoms with van der Waals surface area (Å²) in [6.45, 7) is 21.4. The van der Waals surface area contributed by atoms with E-state index in [1.807, 2.05) is 0 Å². The van der Waals surface area contributed by atoms with Crippen molar-refractivity contribution in [2.24, 2.45) is 0 Å². The SMILES string of the molecule is C=C(C)C(=O)[O-].C[CH2][Sn+]([C](C)(C)C)[C](C)(C)C. The van der Waals surface area contributed by atoms with Gasteiger partial charge in [0.1, 0.15) is 0 Å². The number of aliphatic carboxylic acids is 1. The number of carboxylic acids is 1. The Kier molecular flexibility index (Phi) is 8.47. The van der Waals surface area contributed by atoms with Gasteiger partial charge in [0, 0.05) is 0 Å². The van der Waals surface area contributed by atoms with Gasteiger partial charge in [0.25, 0.3) is 0 Å². The second-order valence-corrected chi connectivity index (χ2v) is 19.7. The normalized spacial score (nSPS) is 11.3. The molecule has 0 radical (unpaired) electrons. The first kappa shape index (κ1) is 19.4. The second kappa shape index (κ2) is 7.44. The van der Waals surface area contributed by atoms with E-state index in [-0.39, 0.29) is 5.57 Å². The second-order valence-electron chi connectivity index (χ2n) is 6.40. The van der Waals surface area contributed by atoms with E-state index in [9.17, 15) is 9.90 Å². The minimum atomic E-state index is -1.19. The predicted molar refractivity (Wildman–Crippen MR) is 75.5 cm³/mol. The fraction of sp³-hybridized carbons (Fsp3) is 0.786. The number of carbonyl (C=O) groups excluding carboxylic acids is 1. The number of hydrogen-bond acceptors (Lipinski definition) is 2. The summed E-state index contributed by atoms with van der Waals surface area (Å²) < 4.78 is 2.78. The monoisotopic (exact) mass is 348 g/mol. The van der Waals surface area contributed by atoms with Crippen LogP contribution in [0.4, 0.5) is 0 Å². The van der Waals surface area contributed by atoms with Gasteiger partial charge >= 0.3 is 79.5 Å². The number of hydrogen-bond donors (Lipinski definition) is 0. The van der Waals surface area contributed by atoms with Gasteiger partial charge in [0.2, 0.25) is 0 Å². The number of carbonyl (C=O) groups is 1. The Hall–Kier alpha value is 0.00870. The van der Waals surface area contributed by atoms with Crippen LogP contribution in [0.1, 0.15) is 55.4 Å². The molecule has 0 aromatic carbocycles. The third-order valence-corrected chi connectivity index (χ3v) is 14.9. The van der Waals surface area contributed by atoms with Crippen molar-refractivity contribution in [3.8, 4) is 0 Å². The van der Waals surface area contributed by atoms with Gasteiger partial charge in [-0.15, -0.1) is 0 Å². The van der Waals surface area contributed by atoms with E-state index < -0.39 is 25.7 Å². The molecule has 0 rings (SSSR count). The van der Waals surface area contributed by atoms with E-state index in [2.05, 4.69) is 55.0 Å². The fourth-order valence-corrected chi connectivity index (χ4v) is 14.7. The van der Waals surface area contributed by atoms with Crippen LogP contribution in [-0.4, -0.2) is 25.7 Å². The maximum absolute atomic E-state index is 9.49. The van der Waals surface area contributed by atoms with Gasteiger partial charge < -0.3 is 9.90 Å². The molecule has 0 aliphatic heterocycles. The van der Waals surface area contributed by atoms with Crippen molar-refractivity contribution in [3.63, 3.8) is 0 Å². The summed E-state index contributed by atoms with van der Waals surface area (Å²) in [6, 6.07) is 0. The molecule has 0 atom stereocenters. The molecule has 0 fully saturated rings. The Balaban J connectivity index is 0. The van der Waals surface area contributed by atoms with Crippen molar-refractivity contribution in [1.29, 1.82) is 0 Å². The molecule has 3 heteroatoms. The molecule has 0 unspecified atom stereocenters. The van der Waals surface area contributed by atoms with Gasteiger partial charge in [-0.25, -0.2) is 0 Å². The van der Waals surface area contributed by atoms with Crippen molar-refractivity contribution < 1.29 is 9.90 Å². The Morgan fingerprint density at radius 1 is 1.12 bits per heavy atom. The summed E-state index contributed by atoms with van der Waals surface area (Å²) in [5, 5.41) is 9.49. The van der Waals surface area contributed by atoms with Crippen LogP contribution in [0.3, 0.4) is 0 Å². The predicted octanol–water partition coefficient (Wildman–Crippen LogP) is 3.41. The molecule has 0 aliphatic carbocycles. The topological polar surface area (TPSA) is 40.1 Å². The first-order valence-corrected chi connectivity index (χ1v) is 10.9. The average molecular weight is 347 g/mol. The Labute approximate surface area is 114 Å². The van der Waals surface area contributed by atoms with E-state index >= 15 is 0 Å². The van der Waals surface area contributed by atoms with Gasteiger partial charge in [0.15, 0.2) is 0 Å². The van der Waals surface area contributed by atoms with E-state index in [0.717, 1.165) is 0 Å². The molecule has 0 bridgehead atoms. The maximum atomic E-state index is 9.49. The van der Waals surface area contributed by atoms with Crippen LogP contribution < -0.4 is 5.11 Å². The van der Waals surface area contributed by atoms with E-state index in [1.165, 1.54) is 11.4 Å². The van der Waals surface area contributed by atoms with Crippen LogP contribution in [-0.2, 0) is 4.79 Å². The first-order chi connectivity index (χ1) is 7.34. The van der Waals surface area contributed by atoms with Crippen molar-refractivity contribution in [2.45, 2.75) is 66.7 Å². The average Bonchev–Trinajstić information content (AvgIpc) is 1.99.